The lowest BCUT2D eigenvalue weighted by Crippen LogP contribution is -2.57. The molecule has 0 unspecified atom stereocenters. The quantitative estimate of drug-likeness (QED) is 0.858. The van der Waals surface area contributed by atoms with Crippen molar-refractivity contribution >= 4 is 11.7 Å². The normalized spacial score (nSPS) is 26.8. The average Bonchev–Trinajstić information content (AvgIpc) is 2.21. The minimum Gasteiger partial charge on any atom is -0.480 e. The molecule has 1 fully saturated rings. The number of hydrogen-bond donors (Lipinski definition) is 2. The van der Waals surface area contributed by atoms with Crippen LogP contribution in [0.5, 0.6) is 0 Å². The molecule has 18 heavy (non-hydrogen) atoms. The van der Waals surface area contributed by atoms with Crippen molar-refractivity contribution < 1.29 is 9.90 Å². The van der Waals surface area contributed by atoms with E-state index in [1.807, 2.05) is 31.2 Å². The van der Waals surface area contributed by atoms with Crippen molar-refractivity contribution in [1.82, 2.24) is 0 Å². The highest BCUT2D eigenvalue weighted by Crippen LogP contribution is 2.44. The van der Waals surface area contributed by atoms with Crippen LogP contribution in [0.15, 0.2) is 24.3 Å². The first-order chi connectivity index (χ1) is 8.43. The van der Waals surface area contributed by atoms with Crippen molar-refractivity contribution in [2.45, 2.75) is 39.2 Å². The third-order valence-electron chi connectivity index (χ3n) is 3.98. The van der Waals surface area contributed by atoms with Crippen molar-refractivity contribution in [3.8, 4) is 0 Å². The minimum absolute atomic E-state index is 0.512. The predicted molar refractivity (Wildman–Crippen MR) is 72.7 cm³/mol. The van der Waals surface area contributed by atoms with Crippen molar-refractivity contribution in [2.24, 2.45) is 11.8 Å². The Kier molecular flexibility index (Phi) is 3.33. The molecule has 2 rings (SSSR count). The fourth-order valence-electron chi connectivity index (χ4n) is 2.64. The van der Waals surface area contributed by atoms with Gasteiger partial charge in [0.1, 0.15) is 5.54 Å². The summed E-state index contributed by atoms with van der Waals surface area (Å²) in [6.45, 7) is 6.32. The second-order valence-corrected chi connectivity index (χ2v) is 5.79. The van der Waals surface area contributed by atoms with Crippen LogP contribution < -0.4 is 5.32 Å². The monoisotopic (exact) mass is 247 g/mol. The molecule has 3 heteroatoms. The molecule has 0 saturated heterocycles. The highest BCUT2D eigenvalue weighted by atomic mass is 16.4. The minimum atomic E-state index is -0.761. The lowest BCUT2D eigenvalue weighted by Gasteiger charge is -2.47. The first-order valence-corrected chi connectivity index (χ1v) is 6.51. The number of carboxylic acid groups (broad SMARTS) is 1. The van der Waals surface area contributed by atoms with Gasteiger partial charge in [0.05, 0.1) is 0 Å². The van der Waals surface area contributed by atoms with Crippen LogP contribution in [0.25, 0.3) is 0 Å². The summed E-state index contributed by atoms with van der Waals surface area (Å²) in [5.41, 5.74) is 1.28. The number of nitrogens with one attached hydrogen (secondary N) is 1. The molecule has 98 valence electrons. The van der Waals surface area contributed by atoms with Crippen LogP contribution in [-0.4, -0.2) is 16.6 Å². The summed E-state index contributed by atoms with van der Waals surface area (Å²) in [4.78, 5) is 11.5. The maximum Gasteiger partial charge on any atom is 0.329 e. The third kappa shape index (κ3) is 2.35. The zero-order valence-electron chi connectivity index (χ0n) is 11.2. The molecule has 1 aliphatic rings. The van der Waals surface area contributed by atoms with Gasteiger partial charge in [-0.3, -0.25) is 0 Å². The van der Waals surface area contributed by atoms with Crippen LogP contribution in [0.4, 0.5) is 5.69 Å². The SMILES string of the molecule is Cc1cccc(NC2(C(=O)O)CC(C(C)C)C2)c1. The molecule has 2 N–H and O–H groups in total. The third-order valence-corrected chi connectivity index (χ3v) is 3.98. The van der Waals surface area contributed by atoms with Crippen molar-refractivity contribution in [3.63, 3.8) is 0 Å². The van der Waals surface area contributed by atoms with Gasteiger partial charge in [-0.1, -0.05) is 26.0 Å². The second kappa shape index (κ2) is 4.63. The van der Waals surface area contributed by atoms with Crippen LogP contribution in [0.1, 0.15) is 32.3 Å². The average molecular weight is 247 g/mol. The Balaban J connectivity index is 2.12. The van der Waals surface area contributed by atoms with Gasteiger partial charge >= 0.3 is 5.97 Å². The van der Waals surface area contributed by atoms with Gasteiger partial charge in [-0.05, 0) is 49.3 Å². The Morgan fingerprint density at radius 3 is 2.61 bits per heavy atom. The molecule has 0 atom stereocenters. The Hall–Kier alpha value is -1.51. The first-order valence-electron chi connectivity index (χ1n) is 6.51. The van der Waals surface area contributed by atoms with Gasteiger partial charge in [-0.25, -0.2) is 4.79 Å². The number of carbonyl (C=O) groups is 1. The number of aryl methyl sites for hydroxylation is 1. The number of anilines is 1. The Morgan fingerprint density at radius 2 is 2.11 bits per heavy atom. The summed E-state index contributed by atoms with van der Waals surface area (Å²) >= 11 is 0. The second-order valence-electron chi connectivity index (χ2n) is 5.79. The van der Waals surface area contributed by atoms with E-state index in [2.05, 4.69) is 19.2 Å². The van der Waals surface area contributed by atoms with E-state index in [1.54, 1.807) is 0 Å². The lowest BCUT2D eigenvalue weighted by atomic mass is 9.64. The molecule has 1 aromatic rings. The molecule has 0 amide bonds. The maximum atomic E-state index is 11.5. The summed E-state index contributed by atoms with van der Waals surface area (Å²) in [5, 5.41) is 12.7. The molecular formula is C15H21NO2. The molecule has 0 bridgehead atoms. The van der Waals surface area contributed by atoms with Crippen LogP contribution in [0.3, 0.4) is 0 Å². The number of hydrogen-bond acceptors (Lipinski definition) is 2. The topological polar surface area (TPSA) is 49.3 Å². The lowest BCUT2D eigenvalue weighted by molar-refractivity contribution is -0.148. The predicted octanol–water partition coefficient (Wildman–Crippen LogP) is 3.30. The standard InChI is InChI=1S/C15H21NO2/c1-10(2)12-8-15(9-12,14(17)18)16-13-6-4-5-11(3)7-13/h4-7,10,12,16H,8-9H2,1-3H3,(H,17,18). The van der Waals surface area contributed by atoms with Crippen LogP contribution in [-0.2, 0) is 4.79 Å². The largest absolute Gasteiger partial charge is 0.480 e. The zero-order valence-corrected chi connectivity index (χ0v) is 11.2. The fourth-order valence-corrected chi connectivity index (χ4v) is 2.64. The van der Waals surface area contributed by atoms with Crippen LogP contribution in [0, 0.1) is 18.8 Å². The van der Waals surface area contributed by atoms with E-state index < -0.39 is 11.5 Å². The fraction of sp³-hybridized carbons (Fsp3) is 0.533. The molecule has 0 radical (unpaired) electrons. The summed E-state index contributed by atoms with van der Waals surface area (Å²) in [6.07, 6.45) is 1.43. The number of benzene rings is 1. The van der Waals surface area contributed by atoms with Gasteiger partial charge in [0, 0.05) is 5.69 Å². The van der Waals surface area contributed by atoms with E-state index in [9.17, 15) is 9.90 Å². The maximum absolute atomic E-state index is 11.5. The van der Waals surface area contributed by atoms with Crippen LogP contribution in [0.2, 0.25) is 0 Å². The molecule has 0 aliphatic heterocycles. The summed E-state index contributed by atoms with van der Waals surface area (Å²) in [7, 11) is 0. The number of aliphatic carboxylic acids is 1. The van der Waals surface area contributed by atoms with Crippen molar-refractivity contribution in [2.75, 3.05) is 5.32 Å². The number of carboxylic acids is 1. The first kappa shape index (κ1) is 12.9. The van der Waals surface area contributed by atoms with Gasteiger partial charge in [-0.2, -0.15) is 0 Å². The summed E-state index contributed by atoms with van der Waals surface area (Å²) in [5.74, 6) is 0.330. The van der Waals surface area contributed by atoms with Crippen molar-refractivity contribution in [3.05, 3.63) is 29.8 Å². The van der Waals surface area contributed by atoms with E-state index in [0.717, 1.165) is 11.3 Å². The van der Waals surface area contributed by atoms with E-state index in [0.29, 0.717) is 24.7 Å². The summed E-state index contributed by atoms with van der Waals surface area (Å²) in [6, 6.07) is 7.88. The Morgan fingerprint density at radius 1 is 1.44 bits per heavy atom. The molecule has 3 nitrogen and oxygen atoms in total. The molecule has 1 saturated carbocycles. The molecular weight excluding hydrogens is 226 g/mol. The van der Waals surface area contributed by atoms with Gasteiger partial charge in [0.25, 0.3) is 0 Å². The highest BCUT2D eigenvalue weighted by Gasteiger charge is 2.51. The molecule has 0 spiro atoms. The molecule has 1 aromatic carbocycles. The van der Waals surface area contributed by atoms with E-state index >= 15 is 0 Å². The van der Waals surface area contributed by atoms with Gasteiger partial charge in [-0.15, -0.1) is 0 Å². The van der Waals surface area contributed by atoms with Crippen molar-refractivity contribution in [1.29, 1.82) is 0 Å². The van der Waals surface area contributed by atoms with E-state index in [1.165, 1.54) is 0 Å². The van der Waals surface area contributed by atoms with E-state index in [-0.39, 0.29) is 0 Å². The molecule has 0 heterocycles. The molecule has 1 aliphatic carbocycles. The summed E-state index contributed by atoms with van der Waals surface area (Å²) < 4.78 is 0. The zero-order chi connectivity index (χ0) is 13.3. The smallest absolute Gasteiger partial charge is 0.329 e. The molecule has 0 aromatic heterocycles. The number of rotatable bonds is 4. The van der Waals surface area contributed by atoms with Gasteiger partial charge < -0.3 is 10.4 Å². The highest BCUT2D eigenvalue weighted by molar-refractivity contribution is 5.84. The Bertz CT molecular complexity index is 448. The van der Waals surface area contributed by atoms with Gasteiger partial charge in [0.15, 0.2) is 0 Å². The van der Waals surface area contributed by atoms with E-state index in [4.69, 9.17) is 0 Å². The Labute approximate surface area is 108 Å². The van der Waals surface area contributed by atoms with Gasteiger partial charge in [0.2, 0.25) is 0 Å². The van der Waals surface area contributed by atoms with Crippen LogP contribution >= 0.6 is 0 Å².